The maximum Gasteiger partial charge on any atom is 0.258 e. The minimum Gasteiger partial charge on any atom is -0.492 e. The van der Waals surface area contributed by atoms with Crippen LogP contribution >= 0.6 is 34.2 Å². The summed E-state index contributed by atoms with van der Waals surface area (Å²) >= 11 is 8.23. The number of hydrogen-bond acceptors (Lipinski definition) is 3. The van der Waals surface area contributed by atoms with Gasteiger partial charge in [0.15, 0.2) is 6.61 Å². The Labute approximate surface area is 154 Å². The van der Waals surface area contributed by atoms with Crippen molar-refractivity contribution >= 4 is 40.1 Å². The molecule has 23 heavy (non-hydrogen) atoms. The van der Waals surface area contributed by atoms with Crippen molar-refractivity contribution in [2.45, 2.75) is 6.92 Å². The lowest BCUT2D eigenvalue weighted by Crippen LogP contribution is -2.32. The van der Waals surface area contributed by atoms with Crippen LogP contribution < -0.4 is 14.8 Å². The number of ether oxygens (including phenoxy) is 2. The van der Waals surface area contributed by atoms with Crippen molar-refractivity contribution < 1.29 is 14.3 Å². The third kappa shape index (κ3) is 6.27. The first kappa shape index (κ1) is 17.9. The maximum atomic E-state index is 11.7. The Hall–Kier alpha value is -1.47. The minimum atomic E-state index is -0.186. The highest BCUT2D eigenvalue weighted by Gasteiger charge is 2.03. The Bertz CT molecular complexity index is 661. The normalized spacial score (nSPS) is 10.2. The SMILES string of the molecule is Cc1ccc(OCCNC(=O)COc2ccc(I)cc2)cc1Cl. The van der Waals surface area contributed by atoms with E-state index in [9.17, 15) is 4.79 Å². The Morgan fingerprint density at radius 3 is 2.52 bits per heavy atom. The molecule has 0 heterocycles. The molecule has 2 aromatic carbocycles. The lowest BCUT2D eigenvalue weighted by atomic mass is 10.2. The second kappa shape index (κ2) is 8.98. The summed E-state index contributed by atoms with van der Waals surface area (Å²) in [5, 5.41) is 3.40. The van der Waals surface area contributed by atoms with Gasteiger partial charge in [0.05, 0.1) is 6.54 Å². The molecule has 0 aliphatic rings. The molecular formula is C17H17ClINO3. The van der Waals surface area contributed by atoms with Crippen LogP contribution in [0.15, 0.2) is 42.5 Å². The third-order valence-electron chi connectivity index (χ3n) is 3.02. The Kier molecular flexibility index (Phi) is 6.98. The topological polar surface area (TPSA) is 47.6 Å². The number of benzene rings is 2. The fraction of sp³-hybridized carbons (Fsp3) is 0.235. The molecule has 0 saturated heterocycles. The third-order valence-corrected chi connectivity index (χ3v) is 4.15. The fourth-order valence-electron chi connectivity index (χ4n) is 1.75. The molecule has 0 fully saturated rings. The summed E-state index contributed by atoms with van der Waals surface area (Å²) < 4.78 is 12.0. The van der Waals surface area contributed by atoms with Gasteiger partial charge in [-0.2, -0.15) is 0 Å². The summed E-state index contributed by atoms with van der Waals surface area (Å²) in [6, 6.07) is 13.0. The highest BCUT2D eigenvalue weighted by Crippen LogP contribution is 2.21. The van der Waals surface area contributed by atoms with Gasteiger partial charge in [-0.15, -0.1) is 0 Å². The van der Waals surface area contributed by atoms with E-state index in [0.29, 0.717) is 29.7 Å². The second-order valence-corrected chi connectivity index (χ2v) is 6.50. The first-order valence-electron chi connectivity index (χ1n) is 7.08. The largest absolute Gasteiger partial charge is 0.492 e. The van der Waals surface area contributed by atoms with Crippen LogP contribution in [-0.4, -0.2) is 25.7 Å². The first-order chi connectivity index (χ1) is 11.0. The number of amides is 1. The van der Waals surface area contributed by atoms with E-state index in [4.69, 9.17) is 21.1 Å². The molecular weight excluding hydrogens is 429 g/mol. The van der Waals surface area contributed by atoms with Crippen LogP contribution in [-0.2, 0) is 4.79 Å². The predicted octanol–water partition coefficient (Wildman–Crippen LogP) is 3.83. The summed E-state index contributed by atoms with van der Waals surface area (Å²) in [4.78, 5) is 11.7. The van der Waals surface area contributed by atoms with Crippen molar-refractivity contribution in [2.24, 2.45) is 0 Å². The number of hydrogen-bond donors (Lipinski definition) is 1. The molecule has 0 aromatic heterocycles. The van der Waals surface area contributed by atoms with Gasteiger partial charge >= 0.3 is 0 Å². The lowest BCUT2D eigenvalue weighted by molar-refractivity contribution is -0.123. The van der Waals surface area contributed by atoms with Gasteiger partial charge in [0.2, 0.25) is 0 Å². The standard InChI is InChI=1S/C17H17ClINO3/c1-12-2-5-15(10-16(12)18)22-9-8-20-17(21)11-23-14-6-3-13(19)4-7-14/h2-7,10H,8-9,11H2,1H3,(H,20,21). The molecule has 0 atom stereocenters. The molecule has 0 unspecified atom stereocenters. The number of aryl methyl sites for hydroxylation is 1. The monoisotopic (exact) mass is 445 g/mol. The van der Waals surface area contributed by atoms with Crippen LogP contribution in [0.5, 0.6) is 11.5 Å². The first-order valence-corrected chi connectivity index (χ1v) is 8.54. The van der Waals surface area contributed by atoms with Crippen molar-refractivity contribution in [3.05, 3.63) is 56.6 Å². The van der Waals surface area contributed by atoms with Crippen molar-refractivity contribution in [1.82, 2.24) is 5.32 Å². The van der Waals surface area contributed by atoms with Crippen LogP contribution in [0.25, 0.3) is 0 Å². The molecule has 0 radical (unpaired) electrons. The van der Waals surface area contributed by atoms with E-state index in [0.717, 1.165) is 9.13 Å². The number of carbonyl (C=O) groups is 1. The zero-order valence-corrected chi connectivity index (χ0v) is 15.6. The van der Waals surface area contributed by atoms with E-state index in [2.05, 4.69) is 27.9 Å². The summed E-state index contributed by atoms with van der Waals surface area (Å²) in [5.41, 5.74) is 1.00. The Morgan fingerprint density at radius 1 is 1.13 bits per heavy atom. The van der Waals surface area contributed by atoms with Gasteiger partial charge < -0.3 is 14.8 Å². The van der Waals surface area contributed by atoms with E-state index >= 15 is 0 Å². The molecule has 0 aliphatic carbocycles. The van der Waals surface area contributed by atoms with Crippen LogP contribution in [0.3, 0.4) is 0 Å². The summed E-state index contributed by atoms with van der Waals surface area (Å²) in [6.07, 6.45) is 0. The molecule has 0 spiro atoms. The van der Waals surface area contributed by atoms with Gasteiger partial charge in [0, 0.05) is 8.59 Å². The lowest BCUT2D eigenvalue weighted by Gasteiger charge is -2.09. The summed E-state index contributed by atoms with van der Waals surface area (Å²) in [6.45, 7) is 2.69. The smallest absolute Gasteiger partial charge is 0.258 e. The molecule has 122 valence electrons. The molecule has 4 nitrogen and oxygen atoms in total. The van der Waals surface area contributed by atoms with Crippen LogP contribution in [0.1, 0.15) is 5.56 Å². The van der Waals surface area contributed by atoms with Crippen LogP contribution in [0.2, 0.25) is 5.02 Å². The zero-order valence-electron chi connectivity index (χ0n) is 12.6. The average molecular weight is 446 g/mol. The highest BCUT2D eigenvalue weighted by molar-refractivity contribution is 14.1. The summed E-state index contributed by atoms with van der Waals surface area (Å²) in [7, 11) is 0. The van der Waals surface area contributed by atoms with Gasteiger partial charge in [0.25, 0.3) is 5.91 Å². The van der Waals surface area contributed by atoms with Gasteiger partial charge in [-0.25, -0.2) is 0 Å². The van der Waals surface area contributed by atoms with E-state index < -0.39 is 0 Å². The number of carbonyl (C=O) groups excluding carboxylic acids is 1. The van der Waals surface area contributed by atoms with Gasteiger partial charge in [-0.05, 0) is 71.5 Å². The molecule has 0 aliphatic heterocycles. The second-order valence-electron chi connectivity index (χ2n) is 4.85. The Morgan fingerprint density at radius 2 is 1.83 bits per heavy atom. The van der Waals surface area contributed by atoms with Crippen molar-refractivity contribution in [3.63, 3.8) is 0 Å². The van der Waals surface area contributed by atoms with Crippen molar-refractivity contribution in [3.8, 4) is 11.5 Å². The Balaban J connectivity index is 1.64. The maximum absolute atomic E-state index is 11.7. The van der Waals surface area contributed by atoms with Crippen LogP contribution in [0.4, 0.5) is 0 Å². The van der Waals surface area contributed by atoms with Crippen molar-refractivity contribution in [1.29, 1.82) is 0 Å². The molecule has 0 bridgehead atoms. The quantitative estimate of drug-likeness (QED) is 0.521. The highest BCUT2D eigenvalue weighted by atomic mass is 127. The predicted molar refractivity (Wildman–Crippen MR) is 99.3 cm³/mol. The number of halogens is 2. The van der Waals surface area contributed by atoms with Crippen LogP contribution in [0, 0.1) is 10.5 Å². The average Bonchev–Trinajstić information content (AvgIpc) is 2.54. The van der Waals surface area contributed by atoms with Gasteiger partial charge in [0.1, 0.15) is 18.1 Å². The van der Waals surface area contributed by atoms with Gasteiger partial charge in [-0.3, -0.25) is 4.79 Å². The number of nitrogens with one attached hydrogen (secondary N) is 1. The fourth-order valence-corrected chi connectivity index (χ4v) is 2.28. The van der Waals surface area contributed by atoms with Gasteiger partial charge in [-0.1, -0.05) is 17.7 Å². The van der Waals surface area contributed by atoms with E-state index in [1.165, 1.54) is 0 Å². The molecule has 2 rings (SSSR count). The molecule has 6 heteroatoms. The van der Waals surface area contributed by atoms with E-state index in [-0.39, 0.29) is 12.5 Å². The summed E-state index contributed by atoms with van der Waals surface area (Å²) in [5.74, 6) is 1.17. The van der Waals surface area contributed by atoms with Crippen molar-refractivity contribution in [2.75, 3.05) is 19.8 Å². The minimum absolute atomic E-state index is 0.0169. The molecule has 1 N–H and O–H groups in total. The molecule has 1 amide bonds. The molecule has 0 saturated carbocycles. The molecule has 2 aromatic rings. The van der Waals surface area contributed by atoms with E-state index in [1.807, 2.05) is 43.3 Å². The van der Waals surface area contributed by atoms with E-state index in [1.54, 1.807) is 6.07 Å². The zero-order chi connectivity index (χ0) is 16.7. The number of rotatable bonds is 7.